The fourth-order valence-corrected chi connectivity index (χ4v) is 3.91. The molecule has 0 spiro atoms. The molecule has 4 rings (SSSR count). The molecule has 1 aliphatic heterocycles. The fourth-order valence-electron chi connectivity index (χ4n) is 3.91. The Morgan fingerprint density at radius 2 is 1.03 bits per heavy atom. The third-order valence-corrected chi connectivity index (χ3v) is 5.76. The quantitative estimate of drug-likeness (QED) is 0.363. The molecule has 3 aromatic carbocycles. The summed E-state index contributed by atoms with van der Waals surface area (Å²) in [6.07, 6.45) is -6.40. The molecule has 1 aliphatic rings. The molecular weight excluding hydrogens is 480 g/mol. The summed E-state index contributed by atoms with van der Waals surface area (Å²) in [6, 6.07) is 24.5. The molecule has 1 N–H and O–H groups in total. The highest BCUT2D eigenvalue weighted by Crippen LogP contribution is 2.30. The summed E-state index contributed by atoms with van der Waals surface area (Å²) in [6.45, 7) is -0.592. The summed E-state index contributed by atoms with van der Waals surface area (Å²) < 4.78 is 28.3. The van der Waals surface area contributed by atoms with Gasteiger partial charge < -0.3 is 28.8 Å². The van der Waals surface area contributed by atoms with Crippen molar-refractivity contribution in [2.24, 2.45) is 0 Å². The van der Waals surface area contributed by atoms with Gasteiger partial charge >= 0.3 is 17.9 Å². The van der Waals surface area contributed by atoms with Crippen LogP contribution in [0.2, 0.25) is 0 Å². The Morgan fingerprint density at radius 3 is 1.41 bits per heavy atom. The molecule has 3 aromatic rings. The Labute approximate surface area is 213 Å². The van der Waals surface area contributed by atoms with E-state index >= 15 is 0 Å². The number of aliphatic hydroxyl groups is 1. The van der Waals surface area contributed by atoms with Crippen molar-refractivity contribution in [2.45, 2.75) is 30.7 Å². The highest BCUT2D eigenvalue weighted by molar-refractivity contribution is 5.91. The number of carbonyl (C=O) groups excluding carboxylic acids is 3. The Bertz CT molecular complexity index is 1120. The molecule has 0 aliphatic carbocycles. The second-order valence-corrected chi connectivity index (χ2v) is 8.17. The van der Waals surface area contributed by atoms with Gasteiger partial charge in [0, 0.05) is 7.11 Å². The molecule has 9 nitrogen and oxygen atoms in total. The van der Waals surface area contributed by atoms with E-state index in [1.807, 2.05) is 0 Å². The number of ether oxygens (including phenoxy) is 5. The Balaban J connectivity index is 1.69. The lowest BCUT2D eigenvalue weighted by atomic mass is 9.97. The molecule has 1 fully saturated rings. The molecule has 9 heteroatoms. The van der Waals surface area contributed by atoms with Gasteiger partial charge in [0.1, 0.15) is 6.10 Å². The van der Waals surface area contributed by atoms with Crippen LogP contribution in [0.4, 0.5) is 0 Å². The van der Waals surface area contributed by atoms with E-state index < -0.39 is 55.2 Å². The van der Waals surface area contributed by atoms with Crippen molar-refractivity contribution in [3.05, 3.63) is 108 Å². The molecule has 1 saturated heterocycles. The van der Waals surface area contributed by atoms with Crippen molar-refractivity contribution in [3.63, 3.8) is 0 Å². The second kappa shape index (κ2) is 12.3. The first kappa shape index (κ1) is 26.0. The van der Waals surface area contributed by atoms with Gasteiger partial charge in [0.15, 0.2) is 24.6 Å². The maximum absolute atomic E-state index is 13.1. The second-order valence-electron chi connectivity index (χ2n) is 8.17. The largest absolute Gasteiger partial charge is 0.452 e. The smallest absolute Gasteiger partial charge is 0.338 e. The van der Waals surface area contributed by atoms with Gasteiger partial charge in [-0.1, -0.05) is 54.6 Å². The van der Waals surface area contributed by atoms with Crippen LogP contribution in [0.15, 0.2) is 91.0 Å². The van der Waals surface area contributed by atoms with Gasteiger partial charge in [-0.25, -0.2) is 14.4 Å². The normalized spacial score (nSPS) is 23.0. The SMILES string of the molecule is CO[C@H]1O[C@H](CO)[C@H](OC(=O)c2ccccc2)[C@H](OC(=O)c2ccccc2)[C@H]1OC(=O)c1ccccc1. The minimum Gasteiger partial charge on any atom is -0.452 e. The average Bonchev–Trinajstić information content (AvgIpc) is 2.95. The van der Waals surface area contributed by atoms with Crippen LogP contribution in [0.25, 0.3) is 0 Å². The zero-order valence-corrected chi connectivity index (χ0v) is 20.0. The van der Waals surface area contributed by atoms with Crippen LogP contribution < -0.4 is 0 Å². The van der Waals surface area contributed by atoms with E-state index in [0.29, 0.717) is 0 Å². The van der Waals surface area contributed by atoms with Crippen LogP contribution in [-0.2, 0) is 23.7 Å². The summed E-state index contributed by atoms with van der Waals surface area (Å²) in [5.74, 6) is -2.22. The Kier molecular flexibility index (Phi) is 8.63. The number of esters is 3. The standard InChI is InChI=1S/C28H26O9/c1-33-28-24(37-27(32)20-15-9-4-10-16-20)23(36-26(31)19-13-7-3-8-14-19)22(21(17-29)34-28)35-25(30)18-11-5-2-6-12-18/h2-16,21-24,28-29H,17H2,1H3/t21-,22+,23+,24-,28+/m1/s1. The molecular formula is C28H26O9. The van der Waals surface area contributed by atoms with E-state index in [-0.39, 0.29) is 16.7 Å². The van der Waals surface area contributed by atoms with E-state index in [0.717, 1.165) is 0 Å². The summed E-state index contributed by atoms with van der Waals surface area (Å²) in [7, 11) is 1.31. The molecule has 37 heavy (non-hydrogen) atoms. The lowest BCUT2D eigenvalue weighted by molar-refractivity contribution is -0.292. The van der Waals surface area contributed by atoms with Crippen molar-refractivity contribution in [3.8, 4) is 0 Å². The van der Waals surface area contributed by atoms with Crippen LogP contribution in [0.1, 0.15) is 31.1 Å². The van der Waals surface area contributed by atoms with Gasteiger partial charge in [0.25, 0.3) is 0 Å². The Morgan fingerprint density at radius 1 is 0.649 bits per heavy atom. The lowest BCUT2D eigenvalue weighted by Crippen LogP contribution is -2.62. The predicted octanol–water partition coefficient (Wildman–Crippen LogP) is 3.03. The van der Waals surface area contributed by atoms with E-state index in [1.54, 1.807) is 91.0 Å². The third kappa shape index (κ3) is 6.21. The number of carbonyl (C=O) groups is 3. The predicted molar refractivity (Wildman–Crippen MR) is 130 cm³/mol. The highest BCUT2D eigenvalue weighted by Gasteiger charge is 2.52. The van der Waals surface area contributed by atoms with Crippen molar-refractivity contribution >= 4 is 17.9 Å². The minimum absolute atomic E-state index is 0.227. The fraction of sp³-hybridized carbons (Fsp3) is 0.250. The third-order valence-electron chi connectivity index (χ3n) is 5.76. The summed E-state index contributed by atoms with van der Waals surface area (Å²) in [5, 5.41) is 10.1. The first-order chi connectivity index (χ1) is 18.0. The lowest BCUT2D eigenvalue weighted by Gasteiger charge is -2.43. The van der Waals surface area contributed by atoms with Crippen LogP contribution in [0, 0.1) is 0 Å². The van der Waals surface area contributed by atoms with Crippen molar-refractivity contribution in [1.29, 1.82) is 0 Å². The zero-order valence-electron chi connectivity index (χ0n) is 20.0. The van der Waals surface area contributed by atoms with Gasteiger partial charge in [-0.15, -0.1) is 0 Å². The number of benzene rings is 3. The average molecular weight is 507 g/mol. The number of aliphatic hydroxyl groups excluding tert-OH is 1. The van der Waals surface area contributed by atoms with E-state index in [9.17, 15) is 19.5 Å². The van der Waals surface area contributed by atoms with Gasteiger partial charge in [0.05, 0.1) is 23.3 Å². The molecule has 0 unspecified atom stereocenters. The van der Waals surface area contributed by atoms with Crippen molar-refractivity contribution in [1.82, 2.24) is 0 Å². The molecule has 0 saturated carbocycles. The summed E-state index contributed by atoms with van der Waals surface area (Å²) in [5.41, 5.74) is 0.705. The topological polar surface area (TPSA) is 118 Å². The molecule has 5 atom stereocenters. The molecule has 192 valence electrons. The van der Waals surface area contributed by atoms with Gasteiger partial charge in [-0.3, -0.25) is 0 Å². The van der Waals surface area contributed by atoms with Crippen molar-refractivity contribution < 1.29 is 43.2 Å². The number of hydrogen-bond acceptors (Lipinski definition) is 9. The van der Waals surface area contributed by atoms with Gasteiger partial charge in [0.2, 0.25) is 0 Å². The minimum atomic E-state index is -1.37. The van der Waals surface area contributed by atoms with Crippen LogP contribution in [0.5, 0.6) is 0 Å². The van der Waals surface area contributed by atoms with Gasteiger partial charge in [-0.05, 0) is 36.4 Å². The number of rotatable bonds is 8. The monoisotopic (exact) mass is 506 g/mol. The molecule has 0 radical (unpaired) electrons. The van der Waals surface area contributed by atoms with E-state index in [2.05, 4.69) is 0 Å². The van der Waals surface area contributed by atoms with E-state index in [1.165, 1.54) is 7.11 Å². The van der Waals surface area contributed by atoms with Crippen LogP contribution >= 0.6 is 0 Å². The van der Waals surface area contributed by atoms with E-state index in [4.69, 9.17) is 23.7 Å². The number of methoxy groups -OCH3 is 1. The highest BCUT2D eigenvalue weighted by atomic mass is 16.7. The van der Waals surface area contributed by atoms with Crippen LogP contribution in [-0.4, -0.2) is 67.4 Å². The summed E-state index contributed by atoms with van der Waals surface area (Å²) >= 11 is 0. The van der Waals surface area contributed by atoms with Crippen molar-refractivity contribution in [2.75, 3.05) is 13.7 Å². The van der Waals surface area contributed by atoms with Gasteiger partial charge in [-0.2, -0.15) is 0 Å². The Hall–Kier alpha value is -4.05. The first-order valence-electron chi connectivity index (χ1n) is 11.6. The first-order valence-corrected chi connectivity index (χ1v) is 11.6. The van der Waals surface area contributed by atoms with Crippen LogP contribution in [0.3, 0.4) is 0 Å². The maximum Gasteiger partial charge on any atom is 0.338 e. The molecule has 1 heterocycles. The molecule has 0 aromatic heterocycles. The zero-order chi connectivity index (χ0) is 26.2. The maximum atomic E-state index is 13.1. The molecule has 0 amide bonds. The summed E-state index contributed by atoms with van der Waals surface area (Å²) in [4.78, 5) is 38.9. The number of hydrogen-bond donors (Lipinski definition) is 1. The molecule has 0 bridgehead atoms.